The van der Waals surface area contributed by atoms with Crippen molar-refractivity contribution in [1.29, 1.82) is 5.26 Å². The van der Waals surface area contributed by atoms with Crippen LogP contribution in [0.25, 0.3) is 0 Å². The fraction of sp³-hybridized carbons (Fsp3) is 0.600. The zero-order valence-corrected chi connectivity index (χ0v) is 4.96. The van der Waals surface area contributed by atoms with Crippen molar-refractivity contribution in [3.63, 3.8) is 0 Å². The predicted molar refractivity (Wildman–Crippen MR) is 30.2 cm³/mol. The molecular weight excluding hydrogens is 120 g/mol. The second-order valence-electron chi connectivity index (χ2n) is 1.36. The van der Waals surface area contributed by atoms with Gasteiger partial charge in [-0.25, -0.2) is 0 Å². The Morgan fingerprint density at radius 2 is 2.44 bits per heavy atom. The number of hydrogen-bond acceptors (Lipinski definition) is 4. The highest BCUT2D eigenvalue weighted by atomic mass is 16.5. The molecule has 0 aromatic rings. The molecule has 4 nitrogen and oxygen atoms in total. The zero-order valence-electron chi connectivity index (χ0n) is 4.96. The molecule has 0 saturated carbocycles. The van der Waals surface area contributed by atoms with Crippen LogP contribution in [-0.4, -0.2) is 19.1 Å². The number of hydrogen-bond donors (Lipinski definition) is 1. The number of ether oxygens (including phenoxy) is 1. The molecule has 0 aliphatic heterocycles. The third kappa shape index (κ3) is 4.78. The van der Waals surface area contributed by atoms with Crippen molar-refractivity contribution < 1.29 is 9.53 Å². The van der Waals surface area contributed by atoms with Gasteiger partial charge >= 0.3 is 5.97 Å². The predicted octanol–water partition coefficient (Wildman–Crippen LogP) is -0.598. The molecular formula is C5H8N2O2. The summed E-state index contributed by atoms with van der Waals surface area (Å²) in [6.07, 6.45) is 0.182. The first-order valence-electron chi connectivity index (χ1n) is 2.54. The lowest BCUT2D eigenvalue weighted by molar-refractivity contribution is -0.141. The molecule has 0 saturated heterocycles. The second-order valence-corrected chi connectivity index (χ2v) is 1.36. The molecule has 0 aliphatic carbocycles. The van der Waals surface area contributed by atoms with Gasteiger partial charge < -0.3 is 10.5 Å². The summed E-state index contributed by atoms with van der Waals surface area (Å²) in [6.45, 7) is 0.0864. The first-order valence-corrected chi connectivity index (χ1v) is 2.54. The zero-order chi connectivity index (χ0) is 7.11. The minimum Gasteiger partial charge on any atom is -0.450 e. The van der Waals surface area contributed by atoms with Crippen LogP contribution < -0.4 is 5.73 Å². The maximum Gasteiger partial charge on any atom is 0.308 e. The molecule has 0 bridgehead atoms. The second kappa shape index (κ2) is 5.06. The Bertz CT molecular complexity index is 127. The van der Waals surface area contributed by atoms with Crippen LogP contribution in [0.3, 0.4) is 0 Å². The minimum atomic E-state index is -0.418. The Hall–Kier alpha value is -1.08. The normalized spacial score (nSPS) is 8.00. The fourth-order valence-corrected chi connectivity index (χ4v) is 0.303. The van der Waals surface area contributed by atoms with Crippen molar-refractivity contribution in [3.8, 4) is 6.07 Å². The molecule has 0 fully saturated rings. The topological polar surface area (TPSA) is 76.1 Å². The van der Waals surface area contributed by atoms with Crippen LogP contribution in [0.1, 0.15) is 6.42 Å². The van der Waals surface area contributed by atoms with Crippen LogP contribution in [0.15, 0.2) is 0 Å². The quantitative estimate of drug-likeness (QED) is 0.515. The number of nitriles is 1. The summed E-state index contributed by atoms with van der Waals surface area (Å²) in [5.41, 5.74) is 5.02. The number of carbonyl (C=O) groups excluding carboxylic acids is 1. The highest BCUT2D eigenvalue weighted by Crippen LogP contribution is 1.81. The van der Waals surface area contributed by atoms with Crippen molar-refractivity contribution >= 4 is 5.97 Å². The average molecular weight is 128 g/mol. The van der Waals surface area contributed by atoms with E-state index in [1.807, 2.05) is 0 Å². The Morgan fingerprint density at radius 3 is 2.89 bits per heavy atom. The Balaban J connectivity index is 3.19. The molecule has 0 aliphatic rings. The van der Waals surface area contributed by atoms with Crippen molar-refractivity contribution in [1.82, 2.24) is 0 Å². The van der Waals surface area contributed by atoms with Crippen LogP contribution in [0.4, 0.5) is 0 Å². The number of rotatable bonds is 3. The van der Waals surface area contributed by atoms with Gasteiger partial charge in [0.2, 0.25) is 0 Å². The van der Waals surface area contributed by atoms with Gasteiger partial charge in [0.15, 0.2) is 6.61 Å². The molecule has 0 amide bonds. The third-order valence-corrected chi connectivity index (χ3v) is 0.646. The van der Waals surface area contributed by atoms with Crippen molar-refractivity contribution in [2.24, 2.45) is 5.73 Å². The fourth-order valence-electron chi connectivity index (χ4n) is 0.303. The first-order chi connectivity index (χ1) is 4.31. The molecule has 0 heterocycles. The lowest BCUT2D eigenvalue weighted by Crippen LogP contribution is -2.10. The molecule has 0 spiro atoms. The van der Waals surface area contributed by atoms with Crippen LogP contribution in [0.5, 0.6) is 0 Å². The van der Waals surface area contributed by atoms with Crippen molar-refractivity contribution in [2.75, 3.05) is 13.2 Å². The number of carbonyl (C=O) groups is 1. The molecule has 0 radical (unpaired) electrons. The summed E-state index contributed by atoms with van der Waals surface area (Å²) in [6, 6.07) is 1.67. The molecule has 2 N–H and O–H groups in total. The molecule has 4 heteroatoms. The summed E-state index contributed by atoms with van der Waals surface area (Å²) in [7, 11) is 0. The van der Waals surface area contributed by atoms with Gasteiger partial charge in [-0.15, -0.1) is 0 Å². The summed E-state index contributed by atoms with van der Waals surface area (Å²) < 4.78 is 4.35. The lowest BCUT2D eigenvalue weighted by Gasteiger charge is -1.94. The van der Waals surface area contributed by atoms with Gasteiger partial charge in [0.1, 0.15) is 6.07 Å². The molecule has 0 unspecified atom stereocenters. The van der Waals surface area contributed by atoms with E-state index in [1.165, 1.54) is 0 Å². The van der Waals surface area contributed by atoms with Crippen molar-refractivity contribution in [2.45, 2.75) is 6.42 Å². The molecule has 9 heavy (non-hydrogen) atoms. The van der Waals surface area contributed by atoms with E-state index in [0.29, 0.717) is 0 Å². The van der Waals surface area contributed by atoms with Crippen LogP contribution in [0, 0.1) is 11.3 Å². The average Bonchev–Trinajstić information content (AvgIpc) is 1.85. The Morgan fingerprint density at radius 1 is 1.78 bits per heavy atom. The van der Waals surface area contributed by atoms with E-state index in [2.05, 4.69) is 4.74 Å². The number of esters is 1. The SMILES string of the molecule is N#CCOC(=O)CCN. The monoisotopic (exact) mass is 128 g/mol. The molecule has 0 aromatic carbocycles. The summed E-state index contributed by atoms with van der Waals surface area (Å²) in [5, 5.41) is 7.92. The van der Waals surface area contributed by atoms with Crippen LogP contribution in [-0.2, 0) is 9.53 Å². The van der Waals surface area contributed by atoms with E-state index in [0.717, 1.165) is 0 Å². The van der Waals surface area contributed by atoms with E-state index in [4.69, 9.17) is 11.0 Å². The van der Waals surface area contributed by atoms with Crippen LogP contribution in [0.2, 0.25) is 0 Å². The van der Waals surface area contributed by atoms with Gasteiger partial charge in [-0.05, 0) is 0 Å². The van der Waals surface area contributed by atoms with Gasteiger partial charge in [-0.2, -0.15) is 5.26 Å². The largest absolute Gasteiger partial charge is 0.450 e. The molecule has 50 valence electrons. The Labute approximate surface area is 53.2 Å². The maximum atomic E-state index is 10.3. The van der Waals surface area contributed by atoms with Gasteiger partial charge in [0.05, 0.1) is 6.42 Å². The summed E-state index contributed by atoms with van der Waals surface area (Å²) in [4.78, 5) is 10.3. The Kier molecular flexibility index (Phi) is 4.46. The third-order valence-electron chi connectivity index (χ3n) is 0.646. The van der Waals surface area contributed by atoms with Crippen molar-refractivity contribution in [3.05, 3.63) is 0 Å². The van der Waals surface area contributed by atoms with Crippen LogP contribution >= 0.6 is 0 Å². The molecule has 0 rings (SSSR count). The summed E-state index contributed by atoms with van der Waals surface area (Å²) >= 11 is 0. The number of nitrogens with two attached hydrogens (primary N) is 1. The van der Waals surface area contributed by atoms with E-state index in [9.17, 15) is 4.79 Å². The highest BCUT2D eigenvalue weighted by Gasteiger charge is 1.97. The smallest absolute Gasteiger partial charge is 0.308 e. The molecule has 0 atom stereocenters. The van der Waals surface area contributed by atoms with Gasteiger partial charge in [0, 0.05) is 6.54 Å². The minimum absolute atomic E-state index is 0.182. The van der Waals surface area contributed by atoms with E-state index >= 15 is 0 Å². The van der Waals surface area contributed by atoms with E-state index in [-0.39, 0.29) is 19.6 Å². The van der Waals surface area contributed by atoms with E-state index < -0.39 is 5.97 Å². The standard InChI is InChI=1S/C5H8N2O2/c6-2-1-5(8)9-4-3-7/h1-2,4,6H2. The maximum absolute atomic E-state index is 10.3. The van der Waals surface area contributed by atoms with Gasteiger partial charge in [-0.3, -0.25) is 4.79 Å². The van der Waals surface area contributed by atoms with Gasteiger partial charge in [-0.1, -0.05) is 0 Å². The van der Waals surface area contributed by atoms with Gasteiger partial charge in [0.25, 0.3) is 0 Å². The summed E-state index contributed by atoms with van der Waals surface area (Å²) in [5.74, 6) is -0.418. The number of nitrogens with zero attached hydrogens (tertiary/aromatic N) is 1. The first kappa shape index (κ1) is 7.92. The van der Waals surface area contributed by atoms with E-state index in [1.54, 1.807) is 6.07 Å². The molecule has 0 aromatic heterocycles. The highest BCUT2D eigenvalue weighted by molar-refractivity contribution is 5.69. The lowest BCUT2D eigenvalue weighted by atomic mass is 10.4.